The van der Waals surface area contributed by atoms with E-state index in [1.807, 2.05) is 18.4 Å². The van der Waals surface area contributed by atoms with Crippen LogP contribution in [-0.4, -0.2) is 24.4 Å². The molecule has 0 bridgehead atoms. The molecule has 2 rings (SSSR count). The number of para-hydroxylation sites is 1. The Balaban J connectivity index is 2.23. The van der Waals surface area contributed by atoms with Crippen LogP contribution in [0.15, 0.2) is 18.2 Å². The predicted molar refractivity (Wildman–Crippen MR) is 67.6 cm³/mol. The van der Waals surface area contributed by atoms with Gasteiger partial charge in [0, 0.05) is 12.2 Å². The van der Waals surface area contributed by atoms with Gasteiger partial charge in [0.15, 0.2) is 5.78 Å². The van der Waals surface area contributed by atoms with Crippen LogP contribution in [0.1, 0.15) is 28.8 Å². The standard InChI is InChI=1S/C13H16O2S/c1-16-9-7-12(14)11-6-2-4-10-5-3-8-15-13(10)11/h2,4,6H,3,5,7-9H2,1H3. The number of fused-ring (bicyclic) bond motifs is 1. The van der Waals surface area contributed by atoms with Crippen LogP contribution in [0.5, 0.6) is 5.75 Å². The lowest BCUT2D eigenvalue weighted by Crippen LogP contribution is -2.13. The lowest BCUT2D eigenvalue weighted by Gasteiger charge is -2.19. The minimum atomic E-state index is 0.202. The summed E-state index contributed by atoms with van der Waals surface area (Å²) in [6.07, 6.45) is 4.69. The maximum atomic E-state index is 12.0. The molecule has 1 aromatic rings. The second-order valence-corrected chi connectivity index (χ2v) is 4.90. The number of Topliss-reactive ketones (excluding diaryl/α,β-unsaturated/α-hetero) is 1. The van der Waals surface area contributed by atoms with Gasteiger partial charge in [0.2, 0.25) is 0 Å². The van der Waals surface area contributed by atoms with E-state index in [4.69, 9.17) is 4.74 Å². The smallest absolute Gasteiger partial charge is 0.167 e. The van der Waals surface area contributed by atoms with E-state index < -0.39 is 0 Å². The van der Waals surface area contributed by atoms with Gasteiger partial charge in [-0.3, -0.25) is 4.79 Å². The SMILES string of the molecule is CSCCC(=O)c1cccc2c1OCCC2. The van der Waals surface area contributed by atoms with Gasteiger partial charge in [-0.05, 0) is 30.7 Å². The second kappa shape index (κ2) is 5.39. The van der Waals surface area contributed by atoms with Crippen molar-refractivity contribution in [2.45, 2.75) is 19.3 Å². The molecule has 0 aliphatic carbocycles. The summed E-state index contributed by atoms with van der Waals surface area (Å²) in [4.78, 5) is 12.0. The molecule has 0 fully saturated rings. The van der Waals surface area contributed by atoms with Crippen LogP contribution < -0.4 is 4.74 Å². The Labute approximate surface area is 100 Å². The highest BCUT2D eigenvalue weighted by Crippen LogP contribution is 2.29. The number of hydrogen-bond donors (Lipinski definition) is 0. The van der Waals surface area contributed by atoms with Crippen LogP contribution in [0, 0.1) is 0 Å². The number of benzene rings is 1. The van der Waals surface area contributed by atoms with Gasteiger partial charge in [-0.1, -0.05) is 12.1 Å². The molecule has 0 spiro atoms. The second-order valence-electron chi connectivity index (χ2n) is 3.91. The summed E-state index contributed by atoms with van der Waals surface area (Å²) in [5, 5.41) is 0. The Morgan fingerprint density at radius 3 is 3.19 bits per heavy atom. The van der Waals surface area contributed by atoms with Crippen molar-refractivity contribution in [1.82, 2.24) is 0 Å². The molecule has 1 heterocycles. The van der Waals surface area contributed by atoms with Crippen molar-refractivity contribution in [3.05, 3.63) is 29.3 Å². The molecule has 0 N–H and O–H groups in total. The molecule has 3 heteroatoms. The Morgan fingerprint density at radius 1 is 1.50 bits per heavy atom. The number of ketones is 1. The van der Waals surface area contributed by atoms with Gasteiger partial charge < -0.3 is 4.74 Å². The summed E-state index contributed by atoms with van der Waals surface area (Å²) in [7, 11) is 0. The molecule has 0 amide bonds. The molecule has 0 atom stereocenters. The largest absolute Gasteiger partial charge is 0.493 e. The summed E-state index contributed by atoms with van der Waals surface area (Å²) in [6.45, 7) is 0.736. The Bertz CT molecular complexity index is 388. The molecule has 0 unspecified atom stereocenters. The van der Waals surface area contributed by atoms with E-state index in [9.17, 15) is 4.79 Å². The van der Waals surface area contributed by atoms with Crippen LogP contribution in [0.2, 0.25) is 0 Å². The van der Waals surface area contributed by atoms with Crippen LogP contribution >= 0.6 is 11.8 Å². The van der Waals surface area contributed by atoms with Crippen molar-refractivity contribution in [1.29, 1.82) is 0 Å². The molecule has 0 saturated heterocycles. The lowest BCUT2D eigenvalue weighted by molar-refractivity contribution is 0.0984. The van der Waals surface area contributed by atoms with E-state index in [1.165, 1.54) is 5.56 Å². The minimum Gasteiger partial charge on any atom is -0.493 e. The molecular formula is C13H16O2S. The first-order valence-electron chi connectivity index (χ1n) is 5.59. The van der Waals surface area contributed by atoms with Gasteiger partial charge >= 0.3 is 0 Å². The number of aryl methyl sites for hydroxylation is 1. The average Bonchev–Trinajstić information content (AvgIpc) is 2.35. The quantitative estimate of drug-likeness (QED) is 0.752. The third-order valence-corrected chi connectivity index (χ3v) is 3.38. The van der Waals surface area contributed by atoms with Gasteiger partial charge in [0.25, 0.3) is 0 Å². The zero-order valence-corrected chi connectivity index (χ0v) is 10.3. The molecule has 1 aliphatic rings. The number of thioether (sulfide) groups is 1. The van der Waals surface area contributed by atoms with Crippen LogP contribution in [0.3, 0.4) is 0 Å². The summed E-state index contributed by atoms with van der Waals surface area (Å²) < 4.78 is 5.63. The fourth-order valence-corrected chi connectivity index (χ4v) is 2.33. The zero-order chi connectivity index (χ0) is 11.4. The number of hydrogen-bond acceptors (Lipinski definition) is 3. The summed E-state index contributed by atoms with van der Waals surface area (Å²) in [6, 6.07) is 5.90. The highest BCUT2D eigenvalue weighted by Gasteiger charge is 2.18. The zero-order valence-electron chi connectivity index (χ0n) is 9.49. The predicted octanol–water partition coefficient (Wildman–Crippen LogP) is 2.95. The van der Waals surface area contributed by atoms with E-state index in [2.05, 4.69) is 6.07 Å². The van der Waals surface area contributed by atoms with Crippen molar-refractivity contribution in [3.8, 4) is 5.75 Å². The van der Waals surface area contributed by atoms with Crippen molar-refractivity contribution in [2.24, 2.45) is 0 Å². The first kappa shape index (κ1) is 11.5. The number of carbonyl (C=O) groups excluding carboxylic acids is 1. The first-order chi connectivity index (χ1) is 7.83. The highest BCUT2D eigenvalue weighted by molar-refractivity contribution is 7.98. The Kier molecular flexibility index (Phi) is 3.88. The molecule has 16 heavy (non-hydrogen) atoms. The molecular weight excluding hydrogens is 220 g/mol. The molecule has 1 aliphatic heterocycles. The van der Waals surface area contributed by atoms with E-state index in [0.29, 0.717) is 6.42 Å². The fraction of sp³-hybridized carbons (Fsp3) is 0.462. The first-order valence-corrected chi connectivity index (χ1v) is 6.99. The number of ether oxygens (including phenoxy) is 1. The van der Waals surface area contributed by atoms with Crippen molar-refractivity contribution >= 4 is 17.5 Å². The van der Waals surface area contributed by atoms with Crippen LogP contribution in [0.4, 0.5) is 0 Å². The van der Waals surface area contributed by atoms with Gasteiger partial charge in [0.05, 0.1) is 12.2 Å². The highest BCUT2D eigenvalue weighted by atomic mass is 32.2. The van der Waals surface area contributed by atoms with E-state index in [0.717, 1.165) is 36.5 Å². The third kappa shape index (κ3) is 2.40. The molecule has 0 radical (unpaired) electrons. The van der Waals surface area contributed by atoms with Crippen molar-refractivity contribution in [2.75, 3.05) is 18.6 Å². The van der Waals surface area contributed by atoms with Crippen molar-refractivity contribution in [3.63, 3.8) is 0 Å². The van der Waals surface area contributed by atoms with Crippen LogP contribution in [-0.2, 0) is 6.42 Å². The van der Waals surface area contributed by atoms with Crippen molar-refractivity contribution < 1.29 is 9.53 Å². The van der Waals surface area contributed by atoms with Crippen LogP contribution in [0.25, 0.3) is 0 Å². The van der Waals surface area contributed by atoms with E-state index in [-0.39, 0.29) is 5.78 Å². The number of carbonyl (C=O) groups is 1. The maximum absolute atomic E-state index is 12.0. The minimum absolute atomic E-state index is 0.202. The molecule has 2 nitrogen and oxygen atoms in total. The van der Waals surface area contributed by atoms with Gasteiger partial charge in [-0.15, -0.1) is 0 Å². The summed E-state index contributed by atoms with van der Waals surface area (Å²) in [5.41, 5.74) is 1.95. The van der Waals surface area contributed by atoms with Gasteiger partial charge in [-0.2, -0.15) is 11.8 Å². The fourth-order valence-electron chi connectivity index (χ4n) is 1.94. The summed E-state index contributed by atoms with van der Waals surface area (Å²) in [5.74, 6) is 1.91. The average molecular weight is 236 g/mol. The monoisotopic (exact) mass is 236 g/mol. The normalized spacial score (nSPS) is 14.1. The van der Waals surface area contributed by atoms with Gasteiger partial charge in [-0.25, -0.2) is 0 Å². The maximum Gasteiger partial charge on any atom is 0.167 e. The third-order valence-electron chi connectivity index (χ3n) is 2.77. The van der Waals surface area contributed by atoms with Gasteiger partial charge in [0.1, 0.15) is 5.75 Å². The lowest BCUT2D eigenvalue weighted by atomic mass is 9.99. The topological polar surface area (TPSA) is 26.3 Å². The molecule has 86 valence electrons. The van der Waals surface area contributed by atoms with E-state index in [1.54, 1.807) is 11.8 Å². The summed E-state index contributed by atoms with van der Waals surface area (Å²) >= 11 is 1.70. The van der Waals surface area contributed by atoms with E-state index >= 15 is 0 Å². The molecule has 0 saturated carbocycles. The molecule has 1 aromatic carbocycles. The Hall–Kier alpha value is -0.960. The Morgan fingerprint density at radius 2 is 2.38 bits per heavy atom. The molecule has 0 aromatic heterocycles. The number of rotatable bonds is 4.